The summed E-state index contributed by atoms with van der Waals surface area (Å²) in [4.78, 5) is 31.6. The van der Waals surface area contributed by atoms with E-state index in [0.29, 0.717) is 23.7 Å². The number of pyridine rings is 1. The monoisotopic (exact) mass is 406 g/mol. The maximum atomic E-state index is 13.3. The molecule has 3 heterocycles. The van der Waals surface area contributed by atoms with Gasteiger partial charge in [0, 0.05) is 28.5 Å². The molecule has 2 aliphatic heterocycles. The minimum absolute atomic E-state index is 0.129. The van der Waals surface area contributed by atoms with Crippen LogP contribution in [0.25, 0.3) is 10.8 Å². The Morgan fingerprint density at radius 3 is 2.69 bits per heavy atom. The van der Waals surface area contributed by atoms with Crippen molar-refractivity contribution in [2.24, 2.45) is 0 Å². The molecule has 6 nitrogen and oxygen atoms in total. The molecule has 0 bridgehead atoms. The summed E-state index contributed by atoms with van der Waals surface area (Å²) in [6, 6.07) is 14.1. The van der Waals surface area contributed by atoms with Gasteiger partial charge in [-0.3, -0.25) is 9.78 Å². The third-order valence-electron chi connectivity index (χ3n) is 5.76. The van der Waals surface area contributed by atoms with Crippen molar-refractivity contribution in [1.82, 2.24) is 15.6 Å². The van der Waals surface area contributed by atoms with Crippen LogP contribution in [0.5, 0.6) is 0 Å². The number of hydrogen-bond donors (Lipinski definition) is 2. The van der Waals surface area contributed by atoms with Crippen LogP contribution in [0.1, 0.15) is 17.9 Å². The fourth-order valence-electron chi connectivity index (χ4n) is 4.35. The predicted molar refractivity (Wildman–Crippen MR) is 112 cm³/mol. The predicted octanol–water partition coefficient (Wildman–Crippen LogP) is 3.46. The molecule has 3 amide bonds. The second-order valence-electron chi connectivity index (χ2n) is 7.45. The van der Waals surface area contributed by atoms with E-state index in [9.17, 15) is 9.59 Å². The first-order valence-electron chi connectivity index (χ1n) is 9.58. The summed E-state index contributed by atoms with van der Waals surface area (Å²) in [7, 11) is 0. The first-order valence-corrected chi connectivity index (χ1v) is 9.96. The standard InChI is InChI=1S/C22H19ClN4O2/c23-17-8-4-3-6-15(17)14-9-18-20(25-11-14)21(28)27(22(29)26-18)19-12-24-10-13-5-1-2-7-16(13)19/h1-8,10,12,14,18,20,25H,9,11H2,(H,26,29). The molecule has 3 atom stereocenters. The van der Waals surface area contributed by atoms with E-state index in [-0.39, 0.29) is 17.9 Å². The van der Waals surface area contributed by atoms with Crippen LogP contribution in [0, 0.1) is 0 Å². The number of imide groups is 1. The maximum Gasteiger partial charge on any atom is 0.329 e. The summed E-state index contributed by atoms with van der Waals surface area (Å²) in [6.45, 7) is 0.619. The molecule has 0 saturated carbocycles. The number of nitrogens with one attached hydrogen (secondary N) is 2. The second kappa shape index (κ2) is 7.13. The number of nitrogens with zero attached hydrogens (tertiary/aromatic N) is 2. The molecule has 2 N–H and O–H groups in total. The largest absolute Gasteiger partial charge is 0.332 e. The number of carbonyl (C=O) groups is 2. The molecule has 29 heavy (non-hydrogen) atoms. The summed E-state index contributed by atoms with van der Waals surface area (Å²) < 4.78 is 0. The van der Waals surface area contributed by atoms with E-state index in [2.05, 4.69) is 15.6 Å². The Bertz CT molecular complexity index is 1110. The van der Waals surface area contributed by atoms with Crippen LogP contribution >= 0.6 is 11.6 Å². The summed E-state index contributed by atoms with van der Waals surface area (Å²) >= 11 is 6.35. The van der Waals surface area contributed by atoms with Crippen molar-refractivity contribution >= 4 is 40.0 Å². The van der Waals surface area contributed by atoms with Crippen molar-refractivity contribution in [3.63, 3.8) is 0 Å². The highest BCUT2D eigenvalue weighted by molar-refractivity contribution is 6.31. The summed E-state index contributed by atoms with van der Waals surface area (Å²) in [6.07, 6.45) is 3.94. The molecule has 2 fully saturated rings. The molecule has 3 aromatic rings. The van der Waals surface area contributed by atoms with Gasteiger partial charge in [0.1, 0.15) is 6.04 Å². The lowest BCUT2D eigenvalue weighted by Crippen LogP contribution is -2.69. The van der Waals surface area contributed by atoms with Crippen molar-refractivity contribution in [3.8, 4) is 0 Å². The lowest BCUT2D eigenvalue weighted by molar-refractivity contribution is -0.121. The third-order valence-corrected chi connectivity index (χ3v) is 6.10. The Kier molecular flexibility index (Phi) is 4.45. The number of amides is 3. The van der Waals surface area contributed by atoms with Gasteiger partial charge in [0.25, 0.3) is 5.91 Å². The van der Waals surface area contributed by atoms with E-state index in [4.69, 9.17) is 11.6 Å². The van der Waals surface area contributed by atoms with Gasteiger partial charge in [0.2, 0.25) is 0 Å². The number of fused-ring (bicyclic) bond motifs is 2. The summed E-state index contributed by atoms with van der Waals surface area (Å²) in [5, 5.41) is 8.74. The second-order valence-corrected chi connectivity index (χ2v) is 7.86. The zero-order chi connectivity index (χ0) is 20.0. The number of piperidine rings is 1. The first-order chi connectivity index (χ1) is 14.1. The van der Waals surface area contributed by atoms with Crippen molar-refractivity contribution in [2.75, 3.05) is 11.4 Å². The number of halogens is 1. The fourth-order valence-corrected chi connectivity index (χ4v) is 4.64. The first kappa shape index (κ1) is 18.1. The van der Waals surface area contributed by atoms with Gasteiger partial charge in [-0.05, 0) is 24.0 Å². The van der Waals surface area contributed by atoms with Crippen molar-refractivity contribution in [2.45, 2.75) is 24.4 Å². The Morgan fingerprint density at radius 1 is 1.03 bits per heavy atom. The Balaban J connectivity index is 1.45. The van der Waals surface area contributed by atoms with Crippen molar-refractivity contribution in [1.29, 1.82) is 0 Å². The molecule has 146 valence electrons. The zero-order valence-corrected chi connectivity index (χ0v) is 16.3. The number of benzene rings is 2. The highest BCUT2D eigenvalue weighted by Gasteiger charge is 2.45. The molecule has 3 unspecified atom stereocenters. The number of hydrogen-bond acceptors (Lipinski definition) is 4. The molecule has 7 heteroatoms. The Hall–Kier alpha value is -2.96. The molecule has 2 saturated heterocycles. The van der Waals surface area contributed by atoms with Gasteiger partial charge < -0.3 is 10.6 Å². The van der Waals surface area contributed by atoms with Crippen molar-refractivity contribution in [3.05, 3.63) is 71.5 Å². The summed E-state index contributed by atoms with van der Waals surface area (Å²) in [5.74, 6) is -0.127. The third kappa shape index (κ3) is 3.05. The van der Waals surface area contributed by atoms with Crippen LogP contribution in [-0.4, -0.2) is 35.6 Å². The minimum atomic E-state index is -0.481. The van der Waals surface area contributed by atoms with E-state index >= 15 is 0 Å². The van der Waals surface area contributed by atoms with Crippen LogP contribution in [0.3, 0.4) is 0 Å². The van der Waals surface area contributed by atoms with Crippen LogP contribution in [0.15, 0.2) is 60.9 Å². The molecule has 1 aromatic heterocycles. The molecule has 2 aliphatic rings. The lowest BCUT2D eigenvalue weighted by atomic mass is 9.84. The number of carbonyl (C=O) groups excluding carboxylic acids is 2. The molecule has 0 aliphatic carbocycles. The van der Waals surface area contributed by atoms with Crippen LogP contribution < -0.4 is 15.5 Å². The molecule has 0 radical (unpaired) electrons. The van der Waals surface area contributed by atoms with Crippen LogP contribution in [-0.2, 0) is 4.79 Å². The summed E-state index contributed by atoms with van der Waals surface area (Å²) in [5.41, 5.74) is 1.53. The lowest BCUT2D eigenvalue weighted by Gasteiger charge is -2.43. The molecular weight excluding hydrogens is 388 g/mol. The fraction of sp³-hybridized carbons (Fsp3) is 0.227. The number of urea groups is 1. The normalized spacial score (nSPS) is 24.3. The van der Waals surface area contributed by atoms with E-state index in [0.717, 1.165) is 16.3 Å². The average Bonchev–Trinajstić information content (AvgIpc) is 2.74. The van der Waals surface area contributed by atoms with Gasteiger partial charge >= 0.3 is 6.03 Å². The minimum Gasteiger partial charge on any atom is -0.332 e. The van der Waals surface area contributed by atoms with Gasteiger partial charge in [-0.25, -0.2) is 9.69 Å². The number of anilines is 1. The molecule has 2 aromatic carbocycles. The van der Waals surface area contributed by atoms with Crippen LogP contribution in [0.2, 0.25) is 5.02 Å². The highest BCUT2D eigenvalue weighted by atomic mass is 35.5. The quantitative estimate of drug-likeness (QED) is 0.683. The Morgan fingerprint density at radius 2 is 1.83 bits per heavy atom. The SMILES string of the molecule is O=C1NC2CC(c3ccccc3Cl)CNC2C(=O)N1c1cncc2ccccc12. The smallest absolute Gasteiger partial charge is 0.329 e. The van der Waals surface area contributed by atoms with E-state index in [1.165, 1.54) is 4.90 Å². The Labute approximate surface area is 172 Å². The molecule has 0 spiro atoms. The van der Waals surface area contributed by atoms with Crippen molar-refractivity contribution < 1.29 is 9.59 Å². The number of rotatable bonds is 2. The van der Waals surface area contributed by atoms with Gasteiger partial charge in [0.15, 0.2) is 0 Å². The topological polar surface area (TPSA) is 74.3 Å². The van der Waals surface area contributed by atoms with E-state index in [1.807, 2.05) is 48.5 Å². The maximum absolute atomic E-state index is 13.3. The number of aromatic nitrogens is 1. The molecular formula is C22H19ClN4O2. The molecule has 5 rings (SSSR count). The van der Waals surface area contributed by atoms with E-state index in [1.54, 1.807) is 12.4 Å². The van der Waals surface area contributed by atoms with Gasteiger partial charge in [-0.2, -0.15) is 0 Å². The van der Waals surface area contributed by atoms with Gasteiger partial charge in [0.05, 0.1) is 17.9 Å². The van der Waals surface area contributed by atoms with Gasteiger partial charge in [-0.1, -0.05) is 54.1 Å². The highest BCUT2D eigenvalue weighted by Crippen LogP contribution is 2.34. The average molecular weight is 407 g/mol. The van der Waals surface area contributed by atoms with Crippen LogP contribution in [0.4, 0.5) is 10.5 Å². The van der Waals surface area contributed by atoms with E-state index < -0.39 is 12.1 Å². The van der Waals surface area contributed by atoms with Gasteiger partial charge in [-0.15, -0.1) is 0 Å². The zero-order valence-electron chi connectivity index (χ0n) is 15.5.